The van der Waals surface area contributed by atoms with Gasteiger partial charge in [0.05, 0.1) is 17.5 Å². The average molecular weight is 357 g/mol. The summed E-state index contributed by atoms with van der Waals surface area (Å²) in [7, 11) is 0. The molecule has 0 aromatic carbocycles. The summed E-state index contributed by atoms with van der Waals surface area (Å²) in [6.45, 7) is 7.61. The van der Waals surface area contributed by atoms with Crippen molar-refractivity contribution in [2.45, 2.75) is 45.1 Å². The topological polar surface area (TPSA) is 95.3 Å². The number of likely N-dealkylation sites (tertiary alicyclic amines) is 2. The van der Waals surface area contributed by atoms with E-state index in [2.05, 4.69) is 29.0 Å². The first-order valence-corrected chi connectivity index (χ1v) is 9.00. The van der Waals surface area contributed by atoms with Gasteiger partial charge in [0.2, 0.25) is 11.8 Å². The van der Waals surface area contributed by atoms with Gasteiger partial charge in [-0.3, -0.25) is 9.59 Å². The minimum atomic E-state index is -0.0503. The van der Waals surface area contributed by atoms with Crippen molar-refractivity contribution in [3.05, 3.63) is 35.2 Å². The lowest BCUT2D eigenvalue weighted by Gasteiger charge is -2.44. The number of hydrogen-bond donors (Lipinski definition) is 1. The van der Waals surface area contributed by atoms with Gasteiger partial charge in [-0.2, -0.15) is 4.98 Å². The molecule has 4 rings (SSSR count). The molecule has 2 saturated heterocycles. The van der Waals surface area contributed by atoms with Crippen molar-refractivity contribution in [2.24, 2.45) is 0 Å². The predicted molar refractivity (Wildman–Crippen MR) is 92.7 cm³/mol. The third kappa shape index (κ3) is 2.79. The van der Waals surface area contributed by atoms with Crippen LogP contribution in [0.4, 0.5) is 0 Å². The van der Waals surface area contributed by atoms with Crippen LogP contribution in [0.15, 0.2) is 16.8 Å². The van der Waals surface area contributed by atoms with E-state index in [1.54, 1.807) is 18.0 Å². The van der Waals surface area contributed by atoms with Crippen molar-refractivity contribution < 1.29 is 14.1 Å². The Balaban J connectivity index is 1.38. The second kappa shape index (κ2) is 6.26. The highest BCUT2D eigenvalue weighted by atomic mass is 16.5. The molecule has 1 atom stereocenters. The highest BCUT2D eigenvalue weighted by Gasteiger charge is 2.43. The molecule has 26 heavy (non-hydrogen) atoms. The summed E-state index contributed by atoms with van der Waals surface area (Å²) in [6, 6.07) is 1.90. The number of carbonyl (C=O) groups is 2. The molecule has 4 heterocycles. The third-order valence-corrected chi connectivity index (χ3v) is 5.23. The Morgan fingerprint density at radius 3 is 2.77 bits per heavy atom. The molecule has 2 aliphatic rings. The number of nitrogens with one attached hydrogen (secondary N) is 1. The van der Waals surface area contributed by atoms with E-state index in [1.807, 2.05) is 11.0 Å². The normalized spacial score (nSPS) is 20.9. The van der Waals surface area contributed by atoms with Crippen molar-refractivity contribution in [2.75, 3.05) is 19.6 Å². The monoisotopic (exact) mass is 357 g/mol. The van der Waals surface area contributed by atoms with E-state index in [9.17, 15) is 9.59 Å². The second-order valence-corrected chi connectivity index (χ2v) is 7.45. The highest BCUT2D eigenvalue weighted by Crippen LogP contribution is 2.31. The quantitative estimate of drug-likeness (QED) is 0.898. The van der Waals surface area contributed by atoms with Gasteiger partial charge >= 0.3 is 0 Å². The summed E-state index contributed by atoms with van der Waals surface area (Å²) < 4.78 is 5.21. The molecule has 0 bridgehead atoms. The van der Waals surface area contributed by atoms with Crippen LogP contribution in [0.3, 0.4) is 0 Å². The van der Waals surface area contributed by atoms with Gasteiger partial charge in [-0.05, 0) is 18.9 Å². The number of aryl methyl sites for hydroxylation is 1. The Bertz CT molecular complexity index is 834. The van der Waals surface area contributed by atoms with Crippen LogP contribution in [0.2, 0.25) is 0 Å². The predicted octanol–water partition coefficient (Wildman–Crippen LogP) is 1.67. The number of aromatic amines is 1. The molecule has 8 heteroatoms. The molecule has 2 aliphatic heterocycles. The van der Waals surface area contributed by atoms with Crippen LogP contribution in [-0.4, -0.2) is 62.4 Å². The van der Waals surface area contributed by atoms with E-state index in [-0.39, 0.29) is 29.7 Å². The second-order valence-electron chi connectivity index (χ2n) is 7.45. The lowest BCUT2D eigenvalue weighted by Crippen LogP contribution is -2.61. The minimum Gasteiger partial charge on any atom is -0.364 e. The maximum Gasteiger partial charge on any atom is 0.255 e. The fourth-order valence-electron chi connectivity index (χ4n) is 3.76. The molecule has 2 amide bonds. The molecule has 138 valence electrons. The number of amides is 2. The molecular formula is C18H23N5O3. The molecule has 2 aromatic heterocycles. The number of rotatable bonds is 4. The summed E-state index contributed by atoms with van der Waals surface area (Å²) in [5.41, 5.74) is 1.69. The van der Waals surface area contributed by atoms with E-state index in [4.69, 9.17) is 4.52 Å². The summed E-state index contributed by atoms with van der Waals surface area (Å²) in [6.07, 6.45) is 2.20. The molecule has 2 aromatic rings. The first kappa shape index (κ1) is 16.8. The molecule has 2 fully saturated rings. The van der Waals surface area contributed by atoms with Crippen LogP contribution in [0.25, 0.3) is 0 Å². The van der Waals surface area contributed by atoms with Crippen LogP contribution in [-0.2, 0) is 4.79 Å². The zero-order chi connectivity index (χ0) is 18.4. The first-order valence-electron chi connectivity index (χ1n) is 9.00. The van der Waals surface area contributed by atoms with Crippen LogP contribution in [0.5, 0.6) is 0 Å². The smallest absolute Gasteiger partial charge is 0.255 e. The fourth-order valence-corrected chi connectivity index (χ4v) is 3.76. The van der Waals surface area contributed by atoms with Gasteiger partial charge in [-0.15, -0.1) is 0 Å². The van der Waals surface area contributed by atoms with Gasteiger partial charge in [-0.25, -0.2) is 0 Å². The zero-order valence-corrected chi connectivity index (χ0v) is 15.2. The van der Waals surface area contributed by atoms with Crippen LogP contribution in [0.1, 0.15) is 59.9 Å². The summed E-state index contributed by atoms with van der Waals surface area (Å²) in [5.74, 6) is 1.44. The van der Waals surface area contributed by atoms with E-state index in [0.717, 1.165) is 11.3 Å². The Morgan fingerprint density at radius 1 is 1.35 bits per heavy atom. The molecule has 0 radical (unpaired) electrons. The minimum absolute atomic E-state index is 0.0296. The van der Waals surface area contributed by atoms with Crippen LogP contribution >= 0.6 is 0 Å². The van der Waals surface area contributed by atoms with Gasteiger partial charge in [0.25, 0.3) is 5.91 Å². The molecular weight excluding hydrogens is 334 g/mol. The van der Waals surface area contributed by atoms with E-state index < -0.39 is 0 Å². The van der Waals surface area contributed by atoms with Crippen molar-refractivity contribution in [3.63, 3.8) is 0 Å². The lowest BCUT2D eigenvalue weighted by molar-refractivity contribution is -0.132. The Kier molecular flexibility index (Phi) is 4.05. The Labute approximate surface area is 151 Å². The van der Waals surface area contributed by atoms with Gasteiger partial charge in [0, 0.05) is 37.9 Å². The largest absolute Gasteiger partial charge is 0.364 e. The zero-order valence-electron chi connectivity index (χ0n) is 15.2. The van der Waals surface area contributed by atoms with Gasteiger partial charge < -0.3 is 19.3 Å². The van der Waals surface area contributed by atoms with Crippen molar-refractivity contribution in [1.29, 1.82) is 0 Å². The molecule has 1 unspecified atom stereocenters. The van der Waals surface area contributed by atoms with Crippen LogP contribution < -0.4 is 0 Å². The maximum atomic E-state index is 12.7. The summed E-state index contributed by atoms with van der Waals surface area (Å²) in [4.78, 5) is 36.1. The number of hydrogen-bond acceptors (Lipinski definition) is 5. The molecule has 0 spiro atoms. The summed E-state index contributed by atoms with van der Waals surface area (Å²) in [5, 5.41) is 3.80. The van der Waals surface area contributed by atoms with E-state index in [0.29, 0.717) is 37.8 Å². The lowest BCUT2D eigenvalue weighted by atomic mass is 10.0. The maximum absolute atomic E-state index is 12.7. The number of aromatic nitrogens is 3. The van der Waals surface area contributed by atoms with Gasteiger partial charge in [0.15, 0.2) is 5.82 Å². The van der Waals surface area contributed by atoms with Crippen molar-refractivity contribution >= 4 is 11.8 Å². The Morgan fingerprint density at radius 2 is 2.12 bits per heavy atom. The highest BCUT2D eigenvalue weighted by molar-refractivity contribution is 5.96. The third-order valence-electron chi connectivity index (χ3n) is 5.23. The van der Waals surface area contributed by atoms with Crippen molar-refractivity contribution in [1.82, 2.24) is 24.9 Å². The van der Waals surface area contributed by atoms with Gasteiger partial charge in [-0.1, -0.05) is 19.0 Å². The van der Waals surface area contributed by atoms with E-state index >= 15 is 0 Å². The SMILES string of the molecule is Cc1noc(C2CC(=O)N(C3CN(C(=O)c4cc[nH]c4C(C)C)C3)C2)n1. The first-order chi connectivity index (χ1) is 12.4. The number of nitrogens with zero attached hydrogens (tertiary/aromatic N) is 4. The number of H-pyrrole nitrogens is 1. The van der Waals surface area contributed by atoms with E-state index in [1.165, 1.54) is 0 Å². The molecule has 1 N–H and O–H groups in total. The molecule has 8 nitrogen and oxygen atoms in total. The summed E-state index contributed by atoms with van der Waals surface area (Å²) >= 11 is 0. The fraction of sp³-hybridized carbons (Fsp3) is 0.556. The number of carbonyl (C=O) groups excluding carboxylic acids is 2. The standard InChI is InChI=1S/C18H23N5O3/c1-10(2)16-14(4-5-19-16)18(25)22-8-13(9-22)23-7-12(6-15(23)24)17-20-11(3)21-26-17/h4-5,10,12-13,19H,6-9H2,1-3H3. The Hall–Kier alpha value is -2.64. The molecule has 0 saturated carbocycles. The van der Waals surface area contributed by atoms with Gasteiger partial charge in [0.1, 0.15) is 0 Å². The van der Waals surface area contributed by atoms with Crippen molar-refractivity contribution in [3.8, 4) is 0 Å². The average Bonchev–Trinajstić information content (AvgIpc) is 3.25. The van der Waals surface area contributed by atoms with Crippen LogP contribution in [0, 0.1) is 6.92 Å². The molecule has 0 aliphatic carbocycles.